The van der Waals surface area contributed by atoms with Crippen molar-refractivity contribution in [2.24, 2.45) is 0 Å². The van der Waals surface area contributed by atoms with Gasteiger partial charge in [0.05, 0.1) is 26.4 Å². The van der Waals surface area contributed by atoms with Crippen molar-refractivity contribution in [1.82, 2.24) is 5.32 Å². The fourth-order valence-corrected chi connectivity index (χ4v) is 1.84. The zero-order valence-electron chi connectivity index (χ0n) is 11.8. The molecule has 1 aromatic rings. The van der Waals surface area contributed by atoms with E-state index in [1.54, 1.807) is 14.2 Å². The lowest BCUT2D eigenvalue weighted by atomic mass is 10.1. The largest absolute Gasteiger partial charge is 0.497 e. The Balaban J connectivity index is 3.06. The second-order valence-corrected chi connectivity index (χ2v) is 4.34. The third-order valence-corrected chi connectivity index (χ3v) is 2.61. The molecule has 0 aliphatic carbocycles. The summed E-state index contributed by atoms with van der Waals surface area (Å²) in [5.41, 5.74) is 1.000. The van der Waals surface area contributed by atoms with Gasteiger partial charge in [0.1, 0.15) is 11.5 Å². The molecule has 0 aliphatic rings. The van der Waals surface area contributed by atoms with E-state index in [9.17, 15) is 0 Å². The first-order valence-electron chi connectivity index (χ1n) is 6.14. The second kappa shape index (κ2) is 7.24. The SMILES string of the molecule is CNC[C@H](OC(C)C)c1cc(OC)ccc1OC. The molecule has 0 amide bonds. The second-order valence-electron chi connectivity index (χ2n) is 4.34. The van der Waals surface area contributed by atoms with Crippen LogP contribution in [-0.2, 0) is 4.74 Å². The summed E-state index contributed by atoms with van der Waals surface area (Å²) in [6.45, 7) is 4.77. The zero-order chi connectivity index (χ0) is 13.5. The molecule has 0 fully saturated rings. The Hall–Kier alpha value is -1.26. The first kappa shape index (κ1) is 14.8. The minimum atomic E-state index is -0.0555. The lowest BCUT2D eigenvalue weighted by Gasteiger charge is -2.23. The lowest BCUT2D eigenvalue weighted by Crippen LogP contribution is -2.22. The molecule has 4 heteroatoms. The van der Waals surface area contributed by atoms with E-state index >= 15 is 0 Å². The highest BCUT2D eigenvalue weighted by atomic mass is 16.5. The monoisotopic (exact) mass is 253 g/mol. The van der Waals surface area contributed by atoms with E-state index < -0.39 is 0 Å². The number of likely N-dealkylation sites (N-methyl/N-ethyl adjacent to an activating group) is 1. The van der Waals surface area contributed by atoms with Crippen LogP contribution in [0.5, 0.6) is 11.5 Å². The van der Waals surface area contributed by atoms with Crippen molar-refractivity contribution in [1.29, 1.82) is 0 Å². The Morgan fingerprint density at radius 3 is 2.39 bits per heavy atom. The standard InChI is InChI=1S/C14H23NO3/c1-10(2)18-14(9-15-3)12-8-11(16-4)6-7-13(12)17-5/h6-8,10,14-15H,9H2,1-5H3/t14-/m0/s1. The number of rotatable bonds is 7. The molecular formula is C14H23NO3. The van der Waals surface area contributed by atoms with Gasteiger partial charge in [-0.2, -0.15) is 0 Å². The molecule has 0 bridgehead atoms. The van der Waals surface area contributed by atoms with Crippen molar-refractivity contribution in [2.75, 3.05) is 27.8 Å². The van der Waals surface area contributed by atoms with E-state index in [0.717, 1.165) is 23.6 Å². The quantitative estimate of drug-likeness (QED) is 0.810. The summed E-state index contributed by atoms with van der Waals surface area (Å²) in [7, 11) is 5.22. The van der Waals surface area contributed by atoms with Gasteiger partial charge in [0, 0.05) is 12.1 Å². The highest BCUT2D eigenvalue weighted by Gasteiger charge is 2.18. The Morgan fingerprint density at radius 1 is 1.17 bits per heavy atom. The molecule has 0 radical (unpaired) electrons. The predicted molar refractivity (Wildman–Crippen MR) is 72.4 cm³/mol. The summed E-state index contributed by atoms with van der Waals surface area (Å²) in [5.74, 6) is 1.62. The first-order valence-corrected chi connectivity index (χ1v) is 6.14. The lowest BCUT2D eigenvalue weighted by molar-refractivity contribution is 0.00684. The van der Waals surface area contributed by atoms with Crippen LogP contribution in [0, 0.1) is 0 Å². The number of hydrogen-bond donors (Lipinski definition) is 1. The molecule has 1 atom stereocenters. The topological polar surface area (TPSA) is 39.7 Å². The minimum absolute atomic E-state index is 0.0555. The normalized spacial score (nSPS) is 12.6. The van der Waals surface area contributed by atoms with Gasteiger partial charge in [-0.05, 0) is 39.1 Å². The average molecular weight is 253 g/mol. The van der Waals surface area contributed by atoms with Gasteiger partial charge in [-0.25, -0.2) is 0 Å². The Labute approximate surface area is 109 Å². The summed E-state index contributed by atoms with van der Waals surface area (Å²) < 4.78 is 16.6. The fourth-order valence-electron chi connectivity index (χ4n) is 1.84. The van der Waals surface area contributed by atoms with Crippen LogP contribution in [0.15, 0.2) is 18.2 Å². The zero-order valence-corrected chi connectivity index (χ0v) is 11.8. The summed E-state index contributed by atoms with van der Waals surface area (Å²) in [5, 5.41) is 3.14. The van der Waals surface area contributed by atoms with Gasteiger partial charge in [-0.3, -0.25) is 0 Å². The maximum Gasteiger partial charge on any atom is 0.124 e. The summed E-state index contributed by atoms with van der Waals surface area (Å²) >= 11 is 0. The maximum absolute atomic E-state index is 5.92. The van der Waals surface area contributed by atoms with Crippen LogP contribution in [0.25, 0.3) is 0 Å². The van der Waals surface area contributed by atoms with Gasteiger partial charge in [0.15, 0.2) is 0 Å². The Kier molecular flexibility index (Phi) is 5.95. The maximum atomic E-state index is 5.92. The van der Waals surface area contributed by atoms with Crippen LogP contribution in [0.3, 0.4) is 0 Å². The van der Waals surface area contributed by atoms with Gasteiger partial charge in [-0.15, -0.1) is 0 Å². The molecule has 0 spiro atoms. The molecule has 4 nitrogen and oxygen atoms in total. The average Bonchev–Trinajstić information content (AvgIpc) is 2.37. The van der Waals surface area contributed by atoms with Crippen LogP contribution in [-0.4, -0.2) is 33.9 Å². The van der Waals surface area contributed by atoms with Crippen LogP contribution >= 0.6 is 0 Å². The van der Waals surface area contributed by atoms with Crippen molar-refractivity contribution in [2.45, 2.75) is 26.1 Å². The summed E-state index contributed by atoms with van der Waals surface area (Å²) in [6, 6.07) is 5.75. The van der Waals surface area contributed by atoms with E-state index in [0.29, 0.717) is 0 Å². The molecule has 1 aromatic carbocycles. The number of benzene rings is 1. The summed E-state index contributed by atoms with van der Waals surface area (Å²) in [6.07, 6.45) is 0.0966. The molecule has 1 N–H and O–H groups in total. The van der Waals surface area contributed by atoms with Crippen LogP contribution < -0.4 is 14.8 Å². The smallest absolute Gasteiger partial charge is 0.124 e. The van der Waals surface area contributed by atoms with Gasteiger partial charge in [0.2, 0.25) is 0 Å². The third kappa shape index (κ3) is 3.89. The Morgan fingerprint density at radius 2 is 1.89 bits per heavy atom. The fraction of sp³-hybridized carbons (Fsp3) is 0.571. The van der Waals surface area contributed by atoms with Gasteiger partial charge in [-0.1, -0.05) is 0 Å². The molecule has 102 valence electrons. The highest BCUT2D eigenvalue weighted by Crippen LogP contribution is 2.31. The number of methoxy groups -OCH3 is 2. The van der Waals surface area contributed by atoms with Crippen molar-refractivity contribution in [3.8, 4) is 11.5 Å². The van der Waals surface area contributed by atoms with E-state index in [1.807, 2.05) is 39.1 Å². The molecule has 1 rings (SSSR count). The molecule has 0 heterocycles. The van der Waals surface area contributed by atoms with E-state index in [-0.39, 0.29) is 12.2 Å². The van der Waals surface area contributed by atoms with Crippen molar-refractivity contribution in [3.63, 3.8) is 0 Å². The molecular weight excluding hydrogens is 230 g/mol. The van der Waals surface area contributed by atoms with Crippen molar-refractivity contribution >= 4 is 0 Å². The number of hydrogen-bond acceptors (Lipinski definition) is 4. The van der Waals surface area contributed by atoms with Crippen molar-refractivity contribution < 1.29 is 14.2 Å². The van der Waals surface area contributed by atoms with E-state index in [1.165, 1.54) is 0 Å². The van der Waals surface area contributed by atoms with Gasteiger partial charge < -0.3 is 19.5 Å². The van der Waals surface area contributed by atoms with Crippen molar-refractivity contribution in [3.05, 3.63) is 23.8 Å². The summed E-state index contributed by atoms with van der Waals surface area (Å²) in [4.78, 5) is 0. The highest BCUT2D eigenvalue weighted by molar-refractivity contribution is 5.42. The van der Waals surface area contributed by atoms with E-state index in [4.69, 9.17) is 14.2 Å². The van der Waals surface area contributed by atoms with Gasteiger partial charge >= 0.3 is 0 Å². The number of ether oxygens (including phenoxy) is 3. The third-order valence-electron chi connectivity index (χ3n) is 2.61. The molecule has 18 heavy (non-hydrogen) atoms. The molecule has 0 aliphatic heterocycles. The molecule has 0 saturated heterocycles. The molecule has 0 unspecified atom stereocenters. The van der Waals surface area contributed by atoms with Crippen LogP contribution in [0.1, 0.15) is 25.5 Å². The van der Waals surface area contributed by atoms with Gasteiger partial charge in [0.25, 0.3) is 0 Å². The Bertz CT molecular complexity index is 366. The predicted octanol–water partition coefficient (Wildman–Crippen LogP) is 2.39. The number of nitrogens with one attached hydrogen (secondary N) is 1. The van der Waals surface area contributed by atoms with Crippen LogP contribution in [0.4, 0.5) is 0 Å². The van der Waals surface area contributed by atoms with E-state index in [2.05, 4.69) is 5.32 Å². The van der Waals surface area contributed by atoms with Crippen LogP contribution in [0.2, 0.25) is 0 Å². The minimum Gasteiger partial charge on any atom is -0.497 e. The molecule has 0 aromatic heterocycles. The first-order chi connectivity index (χ1) is 8.62. The molecule has 0 saturated carbocycles.